The predicted octanol–water partition coefficient (Wildman–Crippen LogP) is 2.43. The van der Waals surface area contributed by atoms with Crippen molar-refractivity contribution in [1.82, 2.24) is 0 Å². The highest BCUT2D eigenvalue weighted by Gasteiger charge is 2.22. The maximum atomic E-state index is 5.98. The average Bonchev–Trinajstić information content (AvgIpc) is 1.88. The number of alkyl halides is 1. The van der Waals surface area contributed by atoms with Gasteiger partial charge in [-0.1, -0.05) is 13.8 Å². The maximum absolute atomic E-state index is 5.98. The largest absolute Gasteiger partial charge is 0.378 e. The monoisotopic (exact) mass is 162 g/mol. The van der Waals surface area contributed by atoms with E-state index in [1.807, 2.05) is 0 Å². The lowest BCUT2D eigenvalue weighted by molar-refractivity contribution is -0.00979. The van der Waals surface area contributed by atoms with Crippen LogP contribution in [0.5, 0.6) is 0 Å². The van der Waals surface area contributed by atoms with Crippen molar-refractivity contribution in [2.75, 3.05) is 6.61 Å². The lowest BCUT2D eigenvalue weighted by Crippen LogP contribution is -2.29. The summed E-state index contributed by atoms with van der Waals surface area (Å²) in [5.41, 5.74) is 0. The van der Waals surface area contributed by atoms with Crippen LogP contribution in [0, 0.1) is 5.92 Å². The first-order chi connectivity index (χ1) is 4.70. The molecule has 1 saturated heterocycles. The van der Waals surface area contributed by atoms with E-state index in [9.17, 15) is 0 Å². The molecule has 0 radical (unpaired) electrons. The Morgan fingerprint density at radius 3 is 2.60 bits per heavy atom. The first kappa shape index (κ1) is 8.35. The third-order valence-electron chi connectivity index (χ3n) is 1.99. The van der Waals surface area contributed by atoms with Crippen LogP contribution in [0.15, 0.2) is 0 Å². The maximum Gasteiger partial charge on any atom is 0.0612 e. The average molecular weight is 163 g/mol. The van der Waals surface area contributed by atoms with Crippen LogP contribution in [0.4, 0.5) is 0 Å². The van der Waals surface area contributed by atoms with E-state index in [2.05, 4.69) is 13.8 Å². The fourth-order valence-electron chi connectivity index (χ4n) is 1.25. The van der Waals surface area contributed by atoms with Crippen molar-refractivity contribution in [3.8, 4) is 0 Å². The molecule has 0 bridgehead atoms. The van der Waals surface area contributed by atoms with Gasteiger partial charge in [-0.05, 0) is 18.8 Å². The number of hydrogen-bond acceptors (Lipinski definition) is 1. The first-order valence-corrected chi connectivity index (χ1v) is 4.39. The van der Waals surface area contributed by atoms with Crippen LogP contribution in [-0.4, -0.2) is 18.1 Å². The summed E-state index contributed by atoms with van der Waals surface area (Å²) in [6.07, 6.45) is 2.44. The molecule has 0 aromatic heterocycles. The Kier molecular flexibility index (Phi) is 2.99. The number of halogens is 1. The lowest BCUT2D eigenvalue weighted by Gasteiger charge is -2.28. The molecule has 0 aliphatic carbocycles. The van der Waals surface area contributed by atoms with E-state index in [0.717, 1.165) is 19.4 Å². The Morgan fingerprint density at radius 1 is 1.50 bits per heavy atom. The van der Waals surface area contributed by atoms with Gasteiger partial charge in [0.2, 0.25) is 0 Å². The van der Waals surface area contributed by atoms with Crippen LogP contribution in [0.3, 0.4) is 0 Å². The van der Waals surface area contributed by atoms with E-state index in [1.54, 1.807) is 0 Å². The summed E-state index contributed by atoms with van der Waals surface area (Å²) in [6.45, 7) is 5.20. The minimum atomic E-state index is 0.348. The molecule has 1 fully saturated rings. The van der Waals surface area contributed by atoms with Crippen molar-refractivity contribution >= 4 is 11.6 Å². The standard InChI is InChI=1S/C8H15ClO/c1-6(2)8-5-7(9)3-4-10-8/h6-8H,3-5H2,1-2H3. The number of hydrogen-bond donors (Lipinski definition) is 0. The van der Waals surface area contributed by atoms with Crippen molar-refractivity contribution in [2.24, 2.45) is 5.92 Å². The smallest absolute Gasteiger partial charge is 0.0612 e. The number of ether oxygens (including phenoxy) is 1. The normalized spacial score (nSPS) is 34.8. The van der Waals surface area contributed by atoms with E-state index in [0.29, 0.717) is 17.4 Å². The first-order valence-electron chi connectivity index (χ1n) is 3.96. The van der Waals surface area contributed by atoms with Crippen LogP contribution < -0.4 is 0 Å². The molecule has 2 atom stereocenters. The second-order valence-electron chi connectivity index (χ2n) is 3.27. The molecule has 0 aromatic carbocycles. The summed E-state index contributed by atoms with van der Waals surface area (Å²) in [5.74, 6) is 0.613. The molecule has 0 amide bonds. The second kappa shape index (κ2) is 3.59. The Hall–Kier alpha value is 0.250. The van der Waals surface area contributed by atoms with Gasteiger partial charge in [-0.25, -0.2) is 0 Å². The summed E-state index contributed by atoms with van der Waals surface area (Å²) in [5, 5.41) is 0.348. The Labute approximate surface area is 67.7 Å². The fourth-order valence-corrected chi connectivity index (χ4v) is 1.51. The van der Waals surface area contributed by atoms with Gasteiger partial charge in [-0.15, -0.1) is 11.6 Å². The van der Waals surface area contributed by atoms with Gasteiger partial charge >= 0.3 is 0 Å². The van der Waals surface area contributed by atoms with Crippen LogP contribution in [0.25, 0.3) is 0 Å². The van der Waals surface area contributed by atoms with Gasteiger partial charge in [0.15, 0.2) is 0 Å². The van der Waals surface area contributed by atoms with Crippen molar-refractivity contribution in [3.63, 3.8) is 0 Å². The summed E-state index contributed by atoms with van der Waals surface area (Å²) in [4.78, 5) is 0. The summed E-state index contributed by atoms with van der Waals surface area (Å²) in [6, 6.07) is 0. The van der Waals surface area contributed by atoms with Gasteiger partial charge < -0.3 is 4.74 Å². The van der Waals surface area contributed by atoms with E-state index in [1.165, 1.54) is 0 Å². The van der Waals surface area contributed by atoms with Gasteiger partial charge in [0.1, 0.15) is 0 Å². The minimum absolute atomic E-state index is 0.348. The van der Waals surface area contributed by atoms with Crippen LogP contribution in [0.2, 0.25) is 0 Å². The van der Waals surface area contributed by atoms with Gasteiger partial charge in [0.25, 0.3) is 0 Å². The predicted molar refractivity (Wildman–Crippen MR) is 43.5 cm³/mol. The van der Waals surface area contributed by atoms with E-state index >= 15 is 0 Å². The van der Waals surface area contributed by atoms with E-state index in [-0.39, 0.29) is 0 Å². The molecular formula is C8H15ClO. The molecule has 1 rings (SSSR count). The van der Waals surface area contributed by atoms with Crippen LogP contribution >= 0.6 is 11.6 Å². The molecule has 1 heterocycles. The Balaban J connectivity index is 2.32. The van der Waals surface area contributed by atoms with Crippen molar-refractivity contribution in [2.45, 2.75) is 38.2 Å². The van der Waals surface area contributed by atoms with E-state index < -0.39 is 0 Å². The summed E-state index contributed by atoms with van der Waals surface area (Å²) < 4.78 is 5.53. The third-order valence-corrected chi connectivity index (χ3v) is 2.39. The van der Waals surface area contributed by atoms with Crippen molar-refractivity contribution < 1.29 is 4.74 Å². The quantitative estimate of drug-likeness (QED) is 0.539. The van der Waals surface area contributed by atoms with Crippen LogP contribution in [0.1, 0.15) is 26.7 Å². The molecule has 2 heteroatoms. The molecule has 0 aromatic rings. The van der Waals surface area contributed by atoms with Crippen molar-refractivity contribution in [1.29, 1.82) is 0 Å². The molecular weight excluding hydrogens is 148 g/mol. The molecule has 0 saturated carbocycles. The molecule has 10 heavy (non-hydrogen) atoms. The Morgan fingerprint density at radius 2 is 2.20 bits per heavy atom. The zero-order valence-electron chi connectivity index (χ0n) is 6.64. The third kappa shape index (κ3) is 2.14. The molecule has 0 spiro atoms. The van der Waals surface area contributed by atoms with Gasteiger partial charge in [-0.3, -0.25) is 0 Å². The topological polar surface area (TPSA) is 9.23 Å². The zero-order chi connectivity index (χ0) is 7.56. The molecule has 0 N–H and O–H groups in total. The minimum Gasteiger partial charge on any atom is -0.378 e. The molecule has 1 aliphatic rings. The Bertz CT molecular complexity index is 103. The fraction of sp³-hybridized carbons (Fsp3) is 1.00. The SMILES string of the molecule is CC(C)C1CC(Cl)CCO1. The highest BCUT2D eigenvalue weighted by Crippen LogP contribution is 2.23. The number of rotatable bonds is 1. The van der Waals surface area contributed by atoms with Gasteiger partial charge in [-0.2, -0.15) is 0 Å². The van der Waals surface area contributed by atoms with E-state index in [4.69, 9.17) is 16.3 Å². The highest BCUT2D eigenvalue weighted by molar-refractivity contribution is 6.20. The van der Waals surface area contributed by atoms with Gasteiger partial charge in [0, 0.05) is 12.0 Å². The van der Waals surface area contributed by atoms with Crippen molar-refractivity contribution in [3.05, 3.63) is 0 Å². The molecule has 1 nitrogen and oxygen atoms in total. The zero-order valence-corrected chi connectivity index (χ0v) is 7.40. The molecule has 60 valence electrons. The van der Waals surface area contributed by atoms with Crippen LogP contribution in [-0.2, 0) is 4.74 Å². The molecule has 2 unspecified atom stereocenters. The van der Waals surface area contributed by atoms with Gasteiger partial charge in [0.05, 0.1) is 6.10 Å². The summed E-state index contributed by atoms with van der Waals surface area (Å²) in [7, 11) is 0. The highest BCUT2D eigenvalue weighted by atomic mass is 35.5. The summed E-state index contributed by atoms with van der Waals surface area (Å²) >= 11 is 5.98. The second-order valence-corrected chi connectivity index (χ2v) is 3.89. The molecule has 1 aliphatic heterocycles. The lowest BCUT2D eigenvalue weighted by atomic mass is 9.99.